The Hall–Kier alpha value is -2.63. The minimum atomic E-state index is -0.498. The van der Waals surface area contributed by atoms with Gasteiger partial charge in [-0.05, 0) is 63.4 Å². The van der Waals surface area contributed by atoms with Gasteiger partial charge in [0, 0.05) is 17.8 Å². The highest BCUT2D eigenvalue weighted by Crippen LogP contribution is 2.20. The van der Waals surface area contributed by atoms with Crippen LogP contribution in [-0.2, 0) is 4.79 Å². The van der Waals surface area contributed by atoms with E-state index in [1.165, 1.54) is 0 Å². The van der Waals surface area contributed by atoms with Crippen LogP contribution in [0.2, 0.25) is 0 Å². The Bertz CT molecular complexity index is 764. The summed E-state index contributed by atoms with van der Waals surface area (Å²) < 4.78 is 1.84. The lowest BCUT2D eigenvalue weighted by Gasteiger charge is -2.33. The summed E-state index contributed by atoms with van der Waals surface area (Å²) in [4.78, 5) is 25.9. The maximum Gasteiger partial charge on any atom is 0.254 e. The lowest BCUT2D eigenvalue weighted by atomic mass is 10.00. The van der Waals surface area contributed by atoms with Crippen molar-refractivity contribution in [2.24, 2.45) is 5.73 Å². The lowest BCUT2D eigenvalue weighted by molar-refractivity contribution is -0.123. The highest BCUT2D eigenvalue weighted by Gasteiger charge is 2.31. The number of primary amides is 1. The molecule has 126 valence electrons. The molecule has 2 heterocycles. The van der Waals surface area contributed by atoms with E-state index in [1.54, 1.807) is 17.0 Å². The molecule has 1 fully saturated rings. The molecule has 1 aliphatic rings. The van der Waals surface area contributed by atoms with Gasteiger partial charge in [0.15, 0.2) is 0 Å². The number of aryl methyl sites for hydroxylation is 2. The standard InChI is InChI=1S/C18H22N4O2/c1-12-11-13(2)22(20-12)15-8-6-14(7-9-15)18(24)21-10-4-3-5-16(21)17(19)23/h6-9,11,16H,3-5,10H2,1-2H3,(H2,19,23). The molecule has 0 bridgehead atoms. The number of carbonyl (C=O) groups is 2. The number of rotatable bonds is 3. The molecule has 6 nitrogen and oxygen atoms in total. The van der Waals surface area contributed by atoms with Crippen LogP contribution in [0.25, 0.3) is 5.69 Å². The average Bonchev–Trinajstić information content (AvgIpc) is 2.92. The molecular weight excluding hydrogens is 304 g/mol. The van der Waals surface area contributed by atoms with Crippen molar-refractivity contribution in [3.63, 3.8) is 0 Å². The minimum Gasteiger partial charge on any atom is -0.368 e. The number of likely N-dealkylation sites (tertiary alicyclic amines) is 1. The van der Waals surface area contributed by atoms with Crippen LogP contribution in [0.3, 0.4) is 0 Å². The Morgan fingerprint density at radius 1 is 1.17 bits per heavy atom. The molecule has 0 saturated carbocycles. The van der Waals surface area contributed by atoms with Crippen molar-refractivity contribution in [1.82, 2.24) is 14.7 Å². The van der Waals surface area contributed by atoms with Crippen LogP contribution in [0, 0.1) is 13.8 Å². The summed E-state index contributed by atoms with van der Waals surface area (Å²) in [6.07, 6.45) is 2.47. The molecule has 0 spiro atoms. The molecule has 1 saturated heterocycles. The third-order valence-electron chi connectivity index (χ3n) is 4.46. The normalized spacial score (nSPS) is 17.8. The number of nitrogens with zero attached hydrogens (tertiary/aromatic N) is 3. The minimum absolute atomic E-state index is 0.140. The van der Waals surface area contributed by atoms with Crippen molar-refractivity contribution in [1.29, 1.82) is 0 Å². The number of piperidine rings is 1. The van der Waals surface area contributed by atoms with E-state index < -0.39 is 11.9 Å². The SMILES string of the molecule is Cc1cc(C)n(-c2ccc(C(=O)N3CCCCC3C(N)=O)cc2)n1. The van der Waals surface area contributed by atoms with E-state index in [1.807, 2.05) is 36.7 Å². The van der Waals surface area contributed by atoms with Gasteiger partial charge in [0.1, 0.15) is 6.04 Å². The highest BCUT2D eigenvalue weighted by molar-refractivity contribution is 5.97. The Labute approximate surface area is 141 Å². The zero-order valence-corrected chi connectivity index (χ0v) is 14.0. The van der Waals surface area contributed by atoms with Crippen LogP contribution in [-0.4, -0.2) is 39.1 Å². The molecule has 1 aromatic carbocycles. The van der Waals surface area contributed by atoms with E-state index in [0.717, 1.165) is 29.9 Å². The molecule has 2 amide bonds. The number of benzene rings is 1. The first-order valence-corrected chi connectivity index (χ1v) is 8.21. The molecule has 0 aliphatic carbocycles. The molecule has 2 N–H and O–H groups in total. The zero-order valence-electron chi connectivity index (χ0n) is 14.0. The highest BCUT2D eigenvalue weighted by atomic mass is 16.2. The van der Waals surface area contributed by atoms with Crippen molar-refractivity contribution >= 4 is 11.8 Å². The zero-order chi connectivity index (χ0) is 17.3. The van der Waals surface area contributed by atoms with Gasteiger partial charge in [0.2, 0.25) is 5.91 Å². The fraction of sp³-hybridized carbons (Fsp3) is 0.389. The molecular formula is C18H22N4O2. The topological polar surface area (TPSA) is 81.2 Å². The van der Waals surface area contributed by atoms with Gasteiger partial charge in [-0.25, -0.2) is 4.68 Å². The fourth-order valence-electron chi connectivity index (χ4n) is 3.27. The van der Waals surface area contributed by atoms with E-state index >= 15 is 0 Å². The quantitative estimate of drug-likeness (QED) is 0.936. The van der Waals surface area contributed by atoms with E-state index in [4.69, 9.17) is 5.73 Å². The summed E-state index contributed by atoms with van der Waals surface area (Å²) in [7, 11) is 0. The van der Waals surface area contributed by atoms with Crippen LogP contribution in [0.15, 0.2) is 30.3 Å². The molecule has 0 radical (unpaired) electrons. The Morgan fingerprint density at radius 2 is 1.88 bits per heavy atom. The summed E-state index contributed by atoms with van der Waals surface area (Å²) in [6.45, 7) is 4.51. The van der Waals surface area contributed by atoms with E-state index in [2.05, 4.69) is 5.10 Å². The van der Waals surface area contributed by atoms with Crippen molar-refractivity contribution in [3.8, 4) is 5.69 Å². The number of hydrogen-bond acceptors (Lipinski definition) is 3. The summed E-state index contributed by atoms with van der Waals surface area (Å²) in [6, 6.07) is 8.80. The van der Waals surface area contributed by atoms with Gasteiger partial charge in [-0.3, -0.25) is 9.59 Å². The number of amides is 2. The third kappa shape index (κ3) is 3.04. The van der Waals surface area contributed by atoms with Crippen LogP contribution < -0.4 is 5.73 Å². The molecule has 24 heavy (non-hydrogen) atoms. The Balaban J connectivity index is 1.83. The second kappa shape index (κ2) is 6.47. The molecule has 1 atom stereocenters. The third-order valence-corrected chi connectivity index (χ3v) is 4.46. The van der Waals surface area contributed by atoms with Crippen LogP contribution >= 0.6 is 0 Å². The van der Waals surface area contributed by atoms with Crippen molar-refractivity contribution in [3.05, 3.63) is 47.3 Å². The van der Waals surface area contributed by atoms with Gasteiger partial charge in [-0.15, -0.1) is 0 Å². The first-order chi connectivity index (χ1) is 11.5. The number of nitrogens with two attached hydrogens (primary N) is 1. The summed E-state index contributed by atoms with van der Waals surface area (Å²) in [5.41, 5.74) is 8.90. The smallest absolute Gasteiger partial charge is 0.254 e. The van der Waals surface area contributed by atoms with Gasteiger partial charge in [-0.1, -0.05) is 0 Å². The van der Waals surface area contributed by atoms with Gasteiger partial charge in [-0.2, -0.15) is 5.10 Å². The molecule has 1 aromatic heterocycles. The van der Waals surface area contributed by atoms with E-state index in [9.17, 15) is 9.59 Å². The summed E-state index contributed by atoms with van der Waals surface area (Å²) in [5, 5.41) is 4.44. The molecule has 1 unspecified atom stereocenters. The van der Waals surface area contributed by atoms with Crippen molar-refractivity contribution < 1.29 is 9.59 Å². The Morgan fingerprint density at radius 3 is 2.46 bits per heavy atom. The van der Waals surface area contributed by atoms with Crippen LogP contribution in [0.1, 0.15) is 41.0 Å². The van der Waals surface area contributed by atoms with Gasteiger partial charge in [0.05, 0.1) is 11.4 Å². The second-order valence-corrected chi connectivity index (χ2v) is 6.30. The van der Waals surface area contributed by atoms with E-state index in [-0.39, 0.29) is 5.91 Å². The summed E-state index contributed by atoms with van der Waals surface area (Å²) in [5.74, 6) is -0.569. The summed E-state index contributed by atoms with van der Waals surface area (Å²) >= 11 is 0. The van der Waals surface area contributed by atoms with Gasteiger partial charge >= 0.3 is 0 Å². The van der Waals surface area contributed by atoms with Gasteiger partial charge in [0.25, 0.3) is 5.91 Å². The van der Waals surface area contributed by atoms with E-state index in [0.29, 0.717) is 18.5 Å². The fourth-order valence-corrected chi connectivity index (χ4v) is 3.27. The number of aromatic nitrogens is 2. The van der Waals surface area contributed by atoms with Crippen molar-refractivity contribution in [2.45, 2.75) is 39.2 Å². The van der Waals surface area contributed by atoms with Crippen molar-refractivity contribution in [2.75, 3.05) is 6.54 Å². The Kier molecular flexibility index (Phi) is 4.38. The largest absolute Gasteiger partial charge is 0.368 e. The lowest BCUT2D eigenvalue weighted by Crippen LogP contribution is -2.50. The molecule has 3 rings (SSSR count). The predicted octanol–water partition coefficient (Wildman–Crippen LogP) is 1.97. The second-order valence-electron chi connectivity index (χ2n) is 6.30. The monoisotopic (exact) mass is 326 g/mol. The molecule has 2 aromatic rings. The van der Waals surface area contributed by atoms with Crippen LogP contribution in [0.5, 0.6) is 0 Å². The predicted molar refractivity (Wildman–Crippen MR) is 90.9 cm³/mol. The maximum absolute atomic E-state index is 12.7. The number of carbonyl (C=O) groups excluding carboxylic acids is 2. The maximum atomic E-state index is 12.7. The first-order valence-electron chi connectivity index (χ1n) is 8.21. The number of hydrogen-bond donors (Lipinski definition) is 1. The van der Waals surface area contributed by atoms with Crippen LogP contribution in [0.4, 0.5) is 0 Å². The van der Waals surface area contributed by atoms with Gasteiger partial charge < -0.3 is 10.6 Å². The molecule has 6 heteroatoms. The molecule has 1 aliphatic heterocycles. The first kappa shape index (κ1) is 16.2. The average molecular weight is 326 g/mol.